The Morgan fingerprint density at radius 2 is 1.65 bits per heavy atom. The lowest BCUT2D eigenvalue weighted by molar-refractivity contribution is -0.0884. The normalized spacial score (nSPS) is 11.8. The summed E-state index contributed by atoms with van der Waals surface area (Å²) < 4.78 is 37.2. The Labute approximate surface area is 96.2 Å². The zero-order valence-corrected chi connectivity index (χ0v) is 9.01. The quantitative estimate of drug-likeness (QED) is 0.690. The Hall–Kier alpha value is -1.84. The van der Waals surface area contributed by atoms with Crippen molar-refractivity contribution in [2.24, 2.45) is 0 Å². The molecule has 0 aromatic carbocycles. The molecule has 2 rings (SSSR count). The highest BCUT2D eigenvalue weighted by Crippen LogP contribution is 2.34. The third-order valence-electron chi connectivity index (χ3n) is 2.62. The summed E-state index contributed by atoms with van der Waals surface area (Å²) in [6.07, 6.45) is -4.83. The molecule has 0 aromatic rings. The Bertz CT molecular complexity index is 543. The second-order valence-electron chi connectivity index (χ2n) is 3.81. The lowest BCUT2D eigenvalue weighted by Crippen LogP contribution is -2.22. The van der Waals surface area contributed by atoms with E-state index in [4.69, 9.17) is 0 Å². The molecule has 0 atom stereocenters. The van der Waals surface area contributed by atoms with Gasteiger partial charge in [-0.05, 0) is 29.7 Å². The molecule has 4 heteroatoms. The Balaban J connectivity index is 2.63. The first-order valence-corrected chi connectivity index (χ1v) is 5.01. The van der Waals surface area contributed by atoms with Crippen molar-refractivity contribution in [2.75, 3.05) is 0 Å². The second kappa shape index (κ2) is 3.87. The van der Waals surface area contributed by atoms with E-state index in [9.17, 15) is 18.0 Å². The monoisotopic (exact) mass is 238 g/mol. The number of Topliss-reactive ketones (excluding diaryl/α,β-unsaturated/α-hetero) is 1. The molecular formula is C13H9F3O. The molecule has 0 aliphatic heterocycles. The van der Waals surface area contributed by atoms with Crippen LogP contribution in [0.4, 0.5) is 13.2 Å². The van der Waals surface area contributed by atoms with E-state index in [2.05, 4.69) is 0 Å². The van der Waals surface area contributed by atoms with Crippen LogP contribution in [0.15, 0.2) is 36.4 Å². The van der Waals surface area contributed by atoms with E-state index in [0.29, 0.717) is 16.7 Å². The van der Waals surface area contributed by atoms with Crippen LogP contribution in [0, 0.1) is 6.92 Å². The van der Waals surface area contributed by atoms with E-state index in [-0.39, 0.29) is 5.56 Å². The molecule has 2 aliphatic rings. The van der Waals surface area contributed by atoms with Crippen molar-refractivity contribution in [3.05, 3.63) is 47.5 Å². The highest BCUT2D eigenvalue weighted by molar-refractivity contribution is 6.07. The number of hydrogen-bond acceptors (Lipinski definition) is 1. The molecule has 0 spiro atoms. The number of aryl methyl sites for hydroxylation is 1. The van der Waals surface area contributed by atoms with Crippen molar-refractivity contribution in [2.45, 2.75) is 13.1 Å². The van der Waals surface area contributed by atoms with Gasteiger partial charge in [-0.15, -0.1) is 0 Å². The maximum Gasteiger partial charge on any atom is 0.454 e. The van der Waals surface area contributed by atoms with Gasteiger partial charge >= 0.3 is 6.18 Å². The summed E-state index contributed by atoms with van der Waals surface area (Å²) in [5.41, 5.74) is 1.41. The summed E-state index contributed by atoms with van der Waals surface area (Å²) in [5, 5.41) is 0. The van der Waals surface area contributed by atoms with E-state index >= 15 is 0 Å². The number of alkyl halides is 3. The highest BCUT2D eigenvalue weighted by atomic mass is 19.4. The van der Waals surface area contributed by atoms with Crippen molar-refractivity contribution in [1.82, 2.24) is 0 Å². The molecule has 88 valence electrons. The Morgan fingerprint density at radius 1 is 1.06 bits per heavy atom. The van der Waals surface area contributed by atoms with Crippen molar-refractivity contribution in [1.29, 1.82) is 0 Å². The lowest BCUT2D eigenvalue weighted by atomic mass is 10.1. The Morgan fingerprint density at radius 3 is 2.24 bits per heavy atom. The summed E-state index contributed by atoms with van der Waals surface area (Å²) >= 11 is 0. The summed E-state index contributed by atoms with van der Waals surface area (Å²) in [5.74, 6) is -1.79. The van der Waals surface area contributed by atoms with Crippen LogP contribution in [0.3, 0.4) is 0 Å². The van der Waals surface area contributed by atoms with Gasteiger partial charge in [0.15, 0.2) is 0 Å². The van der Waals surface area contributed by atoms with Gasteiger partial charge in [-0.25, -0.2) is 0 Å². The topological polar surface area (TPSA) is 17.1 Å². The van der Waals surface area contributed by atoms with Gasteiger partial charge in [-0.1, -0.05) is 30.3 Å². The van der Waals surface area contributed by atoms with Gasteiger partial charge in [0.25, 0.3) is 5.78 Å². The number of hydrogen-bond donors (Lipinski definition) is 0. The molecule has 0 radical (unpaired) electrons. The molecule has 1 nitrogen and oxygen atoms in total. The van der Waals surface area contributed by atoms with Crippen LogP contribution in [0.25, 0.3) is 11.1 Å². The average molecular weight is 238 g/mol. The summed E-state index contributed by atoms with van der Waals surface area (Å²) in [7, 11) is 0. The third-order valence-corrected chi connectivity index (χ3v) is 2.62. The molecule has 0 saturated heterocycles. The van der Waals surface area contributed by atoms with Crippen LogP contribution < -0.4 is 0 Å². The molecule has 0 saturated carbocycles. The van der Waals surface area contributed by atoms with Crippen molar-refractivity contribution < 1.29 is 18.0 Å². The number of ketones is 1. The predicted octanol–water partition coefficient (Wildman–Crippen LogP) is 3.84. The van der Waals surface area contributed by atoms with Gasteiger partial charge in [0.1, 0.15) is 0 Å². The maximum absolute atomic E-state index is 12.4. The van der Waals surface area contributed by atoms with E-state index in [1.807, 2.05) is 0 Å². The summed E-state index contributed by atoms with van der Waals surface area (Å²) in [6.45, 7) is 1.69. The molecule has 0 heterocycles. The first-order chi connectivity index (χ1) is 7.91. The van der Waals surface area contributed by atoms with Gasteiger partial charge in [0, 0.05) is 5.56 Å². The molecule has 0 aromatic heterocycles. The fraction of sp³-hybridized carbons (Fsp3) is 0.154. The van der Waals surface area contributed by atoms with Crippen LogP contribution in [0.5, 0.6) is 0 Å². The second-order valence-corrected chi connectivity index (χ2v) is 3.81. The highest BCUT2D eigenvalue weighted by Gasteiger charge is 2.41. The third kappa shape index (κ3) is 2.02. The van der Waals surface area contributed by atoms with Crippen LogP contribution in [0.1, 0.15) is 15.9 Å². The molecule has 0 fully saturated rings. The molecular weight excluding hydrogens is 229 g/mol. The van der Waals surface area contributed by atoms with Crippen molar-refractivity contribution >= 4 is 5.78 Å². The SMILES string of the molecule is Cc1cc(C(=O)C(F)(F)F)c2cccccc1-2. The molecule has 17 heavy (non-hydrogen) atoms. The molecule has 0 bridgehead atoms. The number of rotatable bonds is 1. The van der Waals surface area contributed by atoms with E-state index in [1.54, 1.807) is 31.2 Å². The Kier molecular flexibility index (Phi) is 2.65. The van der Waals surface area contributed by atoms with E-state index in [1.165, 1.54) is 12.1 Å². The van der Waals surface area contributed by atoms with Gasteiger partial charge in [-0.3, -0.25) is 4.79 Å². The first-order valence-electron chi connectivity index (χ1n) is 5.01. The van der Waals surface area contributed by atoms with Crippen LogP contribution >= 0.6 is 0 Å². The summed E-state index contributed by atoms with van der Waals surface area (Å²) in [6, 6.07) is 9.59. The minimum Gasteiger partial charge on any atom is -0.284 e. The number of carbonyl (C=O) groups excluding carboxylic acids is 1. The molecule has 0 unspecified atom stereocenters. The number of fused-ring (bicyclic) bond motifs is 1. The molecule has 2 aliphatic carbocycles. The van der Waals surface area contributed by atoms with Gasteiger partial charge < -0.3 is 0 Å². The largest absolute Gasteiger partial charge is 0.454 e. The fourth-order valence-electron chi connectivity index (χ4n) is 1.84. The van der Waals surface area contributed by atoms with Gasteiger partial charge in [0.2, 0.25) is 0 Å². The average Bonchev–Trinajstić information content (AvgIpc) is 2.45. The van der Waals surface area contributed by atoms with Crippen LogP contribution in [-0.4, -0.2) is 12.0 Å². The maximum atomic E-state index is 12.4. The smallest absolute Gasteiger partial charge is 0.284 e. The lowest BCUT2D eigenvalue weighted by Gasteiger charge is -2.04. The minimum atomic E-state index is -4.83. The zero-order chi connectivity index (χ0) is 12.6. The first kappa shape index (κ1) is 11.6. The number of halogens is 3. The predicted molar refractivity (Wildman–Crippen MR) is 58.2 cm³/mol. The van der Waals surface area contributed by atoms with Crippen LogP contribution in [-0.2, 0) is 0 Å². The molecule has 0 N–H and O–H groups in total. The number of carbonyl (C=O) groups is 1. The minimum absolute atomic E-state index is 0.277. The van der Waals surface area contributed by atoms with E-state index in [0.717, 1.165) is 0 Å². The van der Waals surface area contributed by atoms with Crippen molar-refractivity contribution in [3.8, 4) is 11.1 Å². The van der Waals surface area contributed by atoms with Crippen LogP contribution in [0.2, 0.25) is 0 Å². The van der Waals surface area contributed by atoms with Gasteiger partial charge in [0.05, 0.1) is 0 Å². The fourth-order valence-corrected chi connectivity index (χ4v) is 1.84. The van der Waals surface area contributed by atoms with E-state index < -0.39 is 12.0 Å². The molecule has 0 amide bonds. The summed E-state index contributed by atoms with van der Waals surface area (Å²) in [4.78, 5) is 11.3. The zero-order valence-electron chi connectivity index (χ0n) is 9.01. The standard InChI is InChI=1S/C13H9F3O/c1-8-7-11(12(17)13(14,15)16)10-6-4-2-3-5-9(8)10/h2-7H,1H3. The van der Waals surface area contributed by atoms with Gasteiger partial charge in [-0.2, -0.15) is 13.2 Å². The van der Waals surface area contributed by atoms with Crippen molar-refractivity contribution in [3.63, 3.8) is 0 Å².